The van der Waals surface area contributed by atoms with E-state index in [0.29, 0.717) is 13.2 Å². The van der Waals surface area contributed by atoms with Crippen molar-refractivity contribution in [3.05, 3.63) is 35.9 Å². The fourth-order valence-electron chi connectivity index (χ4n) is 1.77. The molecule has 1 atom stereocenters. The highest BCUT2D eigenvalue weighted by molar-refractivity contribution is 5.14. The summed E-state index contributed by atoms with van der Waals surface area (Å²) in [6, 6.07) is 12.5. The van der Waals surface area contributed by atoms with E-state index in [1.54, 1.807) is 0 Å². The molecule has 78 valence electrons. The van der Waals surface area contributed by atoms with Crippen molar-refractivity contribution in [2.45, 2.75) is 12.6 Å². The van der Waals surface area contributed by atoms with E-state index in [4.69, 9.17) is 10.00 Å². The Labute approximate surface area is 89.9 Å². The molecule has 3 heteroatoms. The molecule has 0 bridgehead atoms. The van der Waals surface area contributed by atoms with Gasteiger partial charge in [0.25, 0.3) is 0 Å². The third-order valence-electron chi connectivity index (χ3n) is 2.54. The highest BCUT2D eigenvalue weighted by atomic mass is 16.5. The summed E-state index contributed by atoms with van der Waals surface area (Å²) in [5.41, 5.74) is 1.29. The number of benzene rings is 1. The van der Waals surface area contributed by atoms with Crippen LogP contribution in [0.1, 0.15) is 5.56 Å². The zero-order valence-electron chi connectivity index (χ0n) is 8.60. The summed E-state index contributed by atoms with van der Waals surface area (Å²) in [6.07, 6.45) is -0.262. The van der Waals surface area contributed by atoms with Gasteiger partial charge >= 0.3 is 0 Å². The van der Waals surface area contributed by atoms with Crippen molar-refractivity contribution in [3.8, 4) is 6.07 Å². The molecule has 1 aliphatic rings. The third-order valence-corrected chi connectivity index (χ3v) is 2.54. The molecule has 2 rings (SSSR count). The van der Waals surface area contributed by atoms with Gasteiger partial charge in [0.1, 0.15) is 0 Å². The number of morpholine rings is 1. The molecule has 1 fully saturated rings. The Balaban J connectivity index is 1.93. The van der Waals surface area contributed by atoms with Gasteiger partial charge in [0.2, 0.25) is 0 Å². The van der Waals surface area contributed by atoms with Crippen LogP contribution in [0.3, 0.4) is 0 Å². The van der Waals surface area contributed by atoms with E-state index in [1.807, 2.05) is 18.2 Å². The lowest BCUT2D eigenvalue weighted by Crippen LogP contribution is -2.41. The van der Waals surface area contributed by atoms with Crippen LogP contribution in [0.25, 0.3) is 0 Å². The Hall–Kier alpha value is -1.37. The molecule has 0 aromatic heterocycles. The summed E-state index contributed by atoms with van der Waals surface area (Å²) in [5, 5.41) is 8.77. The van der Waals surface area contributed by atoms with Crippen molar-refractivity contribution in [1.82, 2.24) is 4.90 Å². The average molecular weight is 202 g/mol. The van der Waals surface area contributed by atoms with E-state index in [9.17, 15) is 0 Å². The number of rotatable bonds is 2. The van der Waals surface area contributed by atoms with Gasteiger partial charge in [-0.25, -0.2) is 0 Å². The third kappa shape index (κ3) is 2.79. The van der Waals surface area contributed by atoms with Crippen LogP contribution in [0, 0.1) is 11.3 Å². The van der Waals surface area contributed by atoms with Crippen molar-refractivity contribution in [1.29, 1.82) is 5.26 Å². The summed E-state index contributed by atoms with van der Waals surface area (Å²) in [5.74, 6) is 0. The molecular formula is C12H14N2O. The molecule has 0 radical (unpaired) electrons. The first-order valence-electron chi connectivity index (χ1n) is 5.16. The Bertz CT molecular complexity index is 344. The second-order valence-corrected chi connectivity index (χ2v) is 3.71. The molecule has 1 aromatic rings. The number of hydrogen-bond donors (Lipinski definition) is 0. The van der Waals surface area contributed by atoms with Gasteiger partial charge in [-0.3, -0.25) is 4.90 Å². The van der Waals surface area contributed by atoms with Gasteiger partial charge in [-0.1, -0.05) is 30.3 Å². The normalized spacial score (nSPS) is 22.2. The fourth-order valence-corrected chi connectivity index (χ4v) is 1.77. The van der Waals surface area contributed by atoms with Gasteiger partial charge in [-0.2, -0.15) is 5.26 Å². The van der Waals surface area contributed by atoms with Gasteiger partial charge in [-0.15, -0.1) is 0 Å². The molecule has 3 nitrogen and oxygen atoms in total. The smallest absolute Gasteiger partial charge is 0.156 e. The molecule has 0 amide bonds. The van der Waals surface area contributed by atoms with E-state index in [1.165, 1.54) is 5.56 Å². The maximum atomic E-state index is 8.77. The molecule has 0 spiro atoms. The maximum absolute atomic E-state index is 8.77. The van der Waals surface area contributed by atoms with Gasteiger partial charge in [0, 0.05) is 19.6 Å². The lowest BCUT2D eigenvalue weighted by atomic mass is 10.2. The molecule has 0 aliphatic carbocycles. The number of ether oxygens (including phenoxy) is 1. The molecule has 1 saturated heterocycles. The van der Waals surface area contributed by atoms with E-state index in [2.05, 4.69) is 23.1 Å². The second kappa shape index (κ2) is 4.92. The average Bonchev–Trinajstić information content (AvgIpc) is 2.31. The largest absolute Gasteiger partial charge is 0.361 e. The minimum Gasteiger partial charge on any atom is -0.361 e. The van der Waals surface area contributed by atoms with E-state index in [0.717, 1.165) is 13.1 Å². The van der Waals surface area contributed by atoms with Crippen molar-refractivity contribution in [2.24, 2.45) is 0 Å². The molecule has 0 saturated carbocycles. The van der Waals surface area contributed by atoms with E-state index < -0.39 is 0 Å². The van der Waals surface area contributed by atoms with Crippen LogP contribution < -0.4 is 0 Å². The van der Waals surface area contributed by atoms with Crippen LogP contribution >= 0.6 is 0 Å². The predicted octanol–water partition coefficient (Wildman–Crippen LogP) is 1.41. The van der Waals surface area contributed by atoms with Crippen molar-refractivity contribution in [2.75, 3.05) is 19.7 Å². The van der Waals surface area contributed by atoms with Crippen LogP contribution in [0.2, 0.25) is 0 Å². The lowest BCUT2D eigenvalue weighted by molar-refractivity contribution is -0.00269. The summed E-state index contributed by atoms with van der Waals surface area (Å²) in [7, 11) is 0. The zero-order chi connectivity index (χ0) is 10.5. The molecule has 0 N–H and O–H groups in total. The van der Waals surface area contributed by atoms with E-state index in [-0.39, 0.29) is 6.10 Å². The first-order chi connectivity index (χ1) is 7.38. The van der Waals surface area contributed by atoms with Crippen LogP contribution in [-0.2, 0) is 11.3 Å². The van der Waals surface area contributed by atoms with Crippen LogP contribution in [0.15, 0.2) is 30.3 Å². The zero-order valence-corrected chi connectivity index (χ0v) is 8.60. The molecule has 1 aliphatic heterocycles. The monoisotopic (exact) mass is 202 g/mol. The van der Waals surface area contributed by atoms with Gasteiger partial charge < -0.3 is 4.74 Å². The predicted molar refractivity (Wildman–Crippen MR) is 57.1 cm³/mol. The SMILES string of the molecule is N#C[C@H]1CN(Cc2ccccc2)CCO1. The van der Waals surface area contributed by atoms with Crippen molar-refractivity contribution >= 4 is 0 Å². The summed E-state index contributed by atoms with van der Waals surface area (Å²) >= 11 is 0. The van der Waals surface area contributed by atoms with Gasteiger partial charge in [0.05, 0.1) is 12.7 Å². The minimum absolute atomic E-state index is 0.262. The Kier molecular flexibility index (Phi) is 3.33. The molecular weight excluding hydrogens is 188 g/mol. The van der Waals surface area contributed by atoms with Crippen molar-refractivity contribution in [3.63, 3.8) is 0 Å². The van der Waals surface area contributed by atoms with Crippen LogP contribution in [-0.4, -0.2) is 30.7 Å². The van der Waals surface area contributed by atoms with Crippen molar-refractivity contribution < 1.29 is 4.74 Å². The Morgan fingerprint density at radius 2 is 2.20 bits per heavy atom. The number of nitrogens with zero attached hydrogens (tertiary/aromatic N) is 2. The second-order valence-electron chi connectivity index (χ2n) is 3.71. The lowest BCUT2D eigenvalue weighted by Gasteiger charge is -2.29. The topological polar surface area (TPSA) is 36.3 Å². The highest BCUT2D eigenvalue weighted by Gasteiger charge is 2.19. The Morgan fingerprint density at radius 3 is 2.93 bits per heavy atom. The first kappa shape index (κ1) is 10.2. The van der Waals surface area contributed by atoms with Crippen LogP contribution in [0.4, 0.5) is 0 Å². The van der Waals surface area contributed by atoms with E-state index >= 15 is 0 Å². The first-order valence-corrected chi connectivity index (χ1v) is 5.16. The standard InChI is InChI=1S/C12H14N2O/c13-8-12-10-14(6-7-15-12)9-11-4-2-1-3-5-11/h1-5,12H,6-7,9-10H2/t12-/m0/s1. The molecule has 1 aromatic carbocycles. The number of hydrogen-bond acceptors (Lipinski definition) is 3. The summed E-state index contributed by atoms with van der Waals surface area (Å²) < 4.78 is 5.29. The van der Waals surface area contributed by atoms with Crippen LogP contribution in [0.5, 0.6) is 0 Å². The summed E-state index contributed by atoms with van der Waals surface area (Å²) in [4.78, 5) is 2.26. The minimum atomic E-state index is -0.262. The maximum Gasteiger partial charge on any atom is 0.156 e. The quantitative estimate of drug-likeness (QED) is 0.727. The molecule has 15 heavy (non-hydrogen) atoms. The number of nitriles is 1. The highest BCUT2D eigenvalue weighted by Crippen LogP contribution is 2.09. The summed E-state index contributed by atoms with van der Waals surface area (Å²) in [6.45, 7) is 3.19. The fraction of sp³-hybridized carbons (Fsp3) is 0.417. The molecule has 0 unspecified atom stereocenters. The Morgan fingerprint density at radius 1 is 1.40 bits per heavy atom. The van der Waals surface area contributed by atoms with Gasteiger partial charge in [0.15, 0.2) is 6.10 Å². The molecule has 1 heterocycles. The van der Waals surface area contributed by atoms with Gasteiger partial charge in [-0.05, 0) is 5.56 Å².